The molecule has 0 aliphatic heterocycles. The number of fused-ring (bicyclic) bond motifs is 1. The van der Waals surface area contributed by atoms with Gasteiger partial charge in [0.25, 0.3) is 0 Å². The fourth-order valence-corrected chi connectivity index (χ4v) is 2.68. The summed E-state index contributed by atoms with van der Waals surface area (Å²) in [6.45, 7) is 1.86. The molecule has 5 heteroatoms. The average Bonchev–Trinajstić information content (AvgIpc) is 2.65. The molecule has 0 amide bonds. The summed E-state index contributed by atoms with van der Waals surface area (Å²) in [6.07, 6.45) is 0. The highest BCUT2D eigenvalue weighted by molar-refractivity contribution is 7.71. The summed E-state index contributed by atoms with van der Waals surface area (Å²) in [5.41, 5.74) is 2.90. The molecule has 2 aromatic carbocycles. The van der Waals surface area contributed by atoms with Gasteiger partial charge in [-0.3, -0.25) is 4.57 Å². The molecule has 0 bridgehead atoms. The maximum Gasteiger partial charge on any atom is 0.182 e. The van der Waals surface area contributed by atoms with Crippen molar-refractivity contribution in [2.24, 2.45) is 0 Å². The molecule has 0 saturated carbocycles. The minimum atomic E-state index is -0.299. The van der Waals surface area contributed by atoms with E-state index in [1.807, 2.05) is 19.1 Å². The van der Waals surface area contributed by atoms with Crippen LogP contribution in [0.3, 0.4) is 0 Å². The van der Waals surface area contributed by atoms with Crippen molar-refractivity contribution in [3.05, 3.63) is 57.6 Å². The molecular formula is C14H10ClFN2S. The van der Waals surface area contributed by atoms with Crippen molar-refractivity contribution in [2.75, 3.05) is 0 Å². The zero-order valence-corrected chi connectivity index (χ0v) is 11.6. The summed E-state index contributed by atoms with van der Waals surface area (Å²) in [7, 11) is 0. The highest BCUT2D eigenvalue weighted by Gasteiger charge is 2.13. The molecule has 0 spiro atoms. The van der Waals surface area contributed by atoms with Crippen molar-refractivity contribution < 1.29 is 4.39 Å². The van der Waals surface area contributed by atoms with E-state index in [1.54, 1.807) is 22.8 Å². The van der Waals surface area contributed by atoms with Gasteiger partial charge in [0, 0.05) is 5.02 Å². The maximum absolute atomic E-state index is 14.1. The number of aromatic nitrogens is 2. The van der Waals surface area contributed by atoms with E-state index in [0.29, 0.717) is 15.5 Å². The summed E-state index contributed by atoms with van der Waals surface area (Å²) in [5.74, 6) is -0.299. The summed E-state index contributed by atoms with van der Waals surface area (Å²) in [6, 6.07) is 10.3. The van der Waals surface area contributed by atoms with E-state index < -0.39 is 0 Å². The molecule has 1 N–H and O–H groups in total. The van der Waals surface area contributed by atoms with Gasteiger partial charge < -0.3 is 4.98 Å². The number of hydrogen-bond donors (Lipinski definition) is 1. The molecule has 0 atom stereocenters. The Bertz CT molecular complexity index is 815. The van der Waals surface area contributed by atoms with Crippen LogP contribution >= 0.6 is 23.8 Å². The lowest BCUT2D eigenvalue weighted by Gasteiger charge is -2.09. The molecule has 19 heavy (non-hydrogen) atoms. The lowest BCUT2D eigenvalue weighted by molar-refractivity contribution is 0.617. The predicted molar refractivity (Wildman–Crippen MR) is 78.2 cm³/mol. The summed E-state index contributed by atoms with van der Waals surface area (Å²) >= 11 is 11.2. The summed E-state index contributed by atoms with van der Waals surface area (Å²) in [5, 5.41) is 0.612. The molecule has 1 heterocycles. The fraction of sp³-hybridized carbons (Fsp3) is 0.0714. The van der Waals surface area contributed by atoms with Crippen molar-refractivity contribution in [2.45, 2.75) is 6.92 Å². The van der Waals surface area contributed by atoms with Crippen LogP contribution in [-0.2, 0) is 0 Å². The molecule has 3 rings (SSSR count). The monoisotopic (exact) mass is 292 g/mol. The Balaban J connectivity index is 2.43. The van der Waals surface area contributed by atoms with Gasteiger partial charge in [-0.05, 0) is 49.0 Å². The largest absolute Gasteiger partial charge is 0.330 e. The van der Waals surface area contributed by atoms with E-state index in [9.17, 15) is 4.39 Å². The molecule has 0 aliphatic carbocycles. The number of benzene rings is 2. The van der Waals surface area contributed by atoms with Gasteiger partial charge in [-0.25, -0.2) is 4.39 Å². The summed E-state index contributed by atoms with van der Waals surface area (Å²) < 4.78 is 16.2. The normalized spacial score (nSPS) is 11.1. The van der Waals surface area contributed by atoms with Crippen LogP contribution in [0, 0.1) is 17.5 Å². The van der Waals surface area contributed by atoms with E-state index in [-0.39, 0.29) is 5.82 Å². The van der Waals surface area contributed by atoms with Crippen LogP contribution in [0.5, 0.6) is 0 Å². The maximum atomic E-state index is 14.1. The number of halogens is 2. The molecule has 0 fully saturated rings. The van der Waals surface area contributed by atoms with Gasteiger partial charge in [-0.15, -0.1) is 0 Å². The Labute approximate surface area is 119 Å². The molecule has 2 nitrogen and oxygen atoms in total. The first-order valence-electron chi connectivity index (χ1n) is 5.73. The molecule has 0 saturated heterocycles. The van der Waals surface area contributed by atoms with Crippen LogP contribution in [-0.4, -0.2) is 9.55 Å². The lowest BCUT2D eigenvalue weighted by atomic mass is 10.2. The number of aryl methyl sites for hydroxylation is 1. The number of nitrogens with one attached hydrogen (secondary N) is 1. The van der Waals surface area contributed by atoms with Gasteiger partial charge >= 0.3 is 0 Å². The highest BCUT2D eigenvalue weighted by atomic mass is 35.5. The van der Waals surface area contributed by atoms with Gasteiger partial charge in [-0.1, -0.05) is 23.7 Å². The van der Waals surface area contributed by atoms with Gasteiger partial charge in [0.2, 0.25) is 0 Å². The zero-order valence-electron chi connectivity index (χ0n) is 10.1. The number of hydrogen-bond acceptors (Lipinski definition) is 1. The quantitative estimate of drug-likeness (QED) is 0.640. The molecule has 0 unspecified atom stereocenters. The molecule has 0 radical (unpaired) electrons. The highest BCUT2D eigenvalue weighted by Crippen LogP contribution is 2.26. The Morgan fingerprint density at radius 1 is 1.26 bits per heavy atom. The van der Waals surface area contributed by atoms with E-state index in [0.717, 1.165) is 16.6 Å². The van der Waals surface area contributed by atoms with E-state index in [1.165, 1.54) is 6.07 Å². The van der Waals surface area contributed by atoms with Crippen molar-refractivity contribution in [1.82, 2.24) is 9.55 Å². The number of para-hydroxylation sites is 1. The second kappa shape index (κ2) is 4.47. The topological polar surface area (TPSA) is 20.7 Å². The number of H-pyrrole nitrogens is 1. The second-order valence-electron chi connectivity index (χ2n) is 4.33. The first-order chi connectivity index (χ1) is 9.08. The Hall–Kier alpha value is -1.65. The van der Waals surface area contributed by atoms with Crippen LogP contribution in [0.1, 0.15) is 5.56 Å². The Morgan fingerprint density at radius 2 is 2.05 bits per heavy atom. The minimum Gasteiger partial charge on any atom is -0.330 e. The van der Waals surface area contributed by atoms with E-state index in [2.05, 4.69) is 4.98 Å². The third-order valence-corrected chi connectivity index (χ3v) is 3.58. The Kier molecular flexibility index (Phi) is 2.92. The van der Waals surface area contributed by atoms with Crippen molar-refractivity contribution in [3.63, 3.8) is 0 Å². The molecule has 0 aliphatic rings. The number of rotatable bonds is 1. The number of imidazole rings is 1. The molecule has 3 aromatic rings. The summed E-state index contributed by atoms with van der Waals surface area (Å²) in [4.78, 5) is 3.05. The van der Waals surface area contributed by atoms with Gasteiger partial charge in [0.1, 0.15) is 5.82 Å². The molecule has 1 aromatic heterocycles. The lowest BCUT2D eigenvalue weighted by Crippen LogP contribution is -2.00. The van der Waals surface area contributed by atoms with Crippen LogP contribution in [0.25, 0.3) is 16.7 Å². The predicted octanol–water partition coefficient (Wildman–Crippen LogP) is 4.79. The smallest absolute Gasteiger partial charge is 0.182 e. The zero-order chi connectivity index (χ0) is 13.6. The first-order valence-corrected chi connectivity index (χ1v) is 6.52. The van der Waals surface area contributed by atoms with Crippen molar-refractivity contribution in [1.29, 1.82) is 0 Å². The third kappa shape index (κ3) is 1.97. The first kappa shape index (κ1) is 12.4. The van der Waals surface area contributed by atoms with Crippen LogP contribution in [0.15, 0.2) is 36.4 Å². The van der Waals surface area contributed by atoms with Crippen molar-refractivity contribution >= 4 is 34.9 Å². The van der Waals surface area contributed by atoms with Gasteiger partial charge in [-0.2, -0.15) is 0 Å². The minimum absolute atomic E-state index is 0.299. The van der Waals surface area contributed by atoms with Crippen LogP contribution in [0.2, 0.25) is 5.02 Å². The third-order valence-electron chi connectivity index (χ3n) is 3.06. The average molecular weight is 293 g/mol. The van der Waals surface area contributed by atoms with Crippen molar-refractivity contribution in [3.8, 4) is 5.69 Å². The second-order valence-corrected chi connectivity index (χ2v) is 5.16. The Morgan fingerprint density at radius 3 is 2.79 bits per heavy atom. The molecule has 96 valence electrons. The van der Waals surface area contributed by atoms with E-state index in [4.69, 9.17) is 23.8 Å². The van der Waals surface area contributed by atoms with Crippen LogP contribution in [0.4, 0.5) is 4.39 Å². The SMILES string of the molecule is Cc1cccc(F)c1-n1c(=S)[nH]c2cc(Cl)ccc21. The standard InChI is InChI=1S/C14H10ClFN2S/c1-8-3-2-4-10(16)13(8)18-12-6-5-9(15)7-11(12)17-14(18)19/h2-7H,1H3,(H,17,19). The number of aromatic amines is 1. The van der Waals surface area contributed by atoms with Gasteiger partial charge in [0.15, 0.2) is 4.77 Å². The fourth-order valence-electron chi connectivity index (χ4n) is 2.21. The molecular weight excluding hydrogens is 283 g/mol. The van der Waals surface area contributed by atoms with Gasteiger partial charge in [0.05, 0.1) is 16.7 Å². The number of nitrogens with zero attached hydrogens (tertiary/aromatic N) is 1. The van der Waals surface area contributed by atoms with Crippen LogP contribution < -0.4 is 0 Å². The van der Waals surface area contributed by atoms with E-state index >= 15 is 0 Å².